The van der Waals surface area contributed by atoms with E-state index in [2.05, 4.69) is 0 Å². The highest BCUT2D eigenvalue weighted by atomic mass is 16.5. The Balaban J connectivity index is 1.73. The van der Waals surface area contributed by atoms with Gasteiger partial charge in [-0.15, -0.1) is 0 Å². The molecular weight excluding hydrogens is 320 g/mol. The van der Waals surface area contributed by atoms with Gasteiger partial charge in [-0.05, 0) is 38.8 Å². The molecule has 0 aromatic heterocycles. The number of nitrogens with zero attached hydrogens (tertiary/aromatic N) is 1. The van der Waals surface area contributed by atoms with Crippen LogP contribution in [0, 0.1) is 12.8 Å². The smallest absolute Gasteiger partial charge is 0.314 e. The van der Waals surface area contributed by atoms with Crippen LogP contribution in [0.3, 0.4) is 0 Å². The SMILES string of the molecule is CCOC(=O)[C@@H]1CCC[NH+]([C@@H]2CC(=O)N(c3ccc(C)cc3)C2=O)C1. The first-order valence-electron chi connectivity index (χ1n) is 8.96. The number of esters is 1. The van der Waals surface area contributed by atoms with E-state index >= 15 is 0 Å². The number of anilines is 1. The second-order valence-corrected chi connectivity index (χ2v) is 6.86. The highest BCUT2D eigenvalue weighted by molar-refractivity contribution is 6.21. The van der Waals surface area contributed by atoms with Crippen LogP contribution in [0.15, 0.2) is 24.3 Å². The van der Waals surface area contributed by atoms with Gasteiger partial charge >= 0.3 is 5.97 Å². The molecule has 0 aliphatic carbocycles. The number of rotatable bonds is 4. The number of imide groups is 1. The van der Waals surface area contributed by atoms with Crippen molar-refractivity contribution < 1.29 is 24.0 Å². The maximum absolute atomic E-state index is 12.9. The second-order valence-electron chi connectivity index (χ2n) is 6.86. The van der Waals surface area contributed by atoms with Crippen LogP contribution in [0.5, 0.6) is 0 Å². The topological polar surface area (TPSA) is 68.1 Å². The van der Waals surface area contributed by atoms with E-state index < -0.39 is 6.04 Å². The minimum absolute atomic E-state index is 0.159. The minimum atomic E-state index is -0.397. The first kappa shape index (κ1) is 17.6. The number of nitrogens with one attached hydrogen (secondary N) is 1. The molecule has 2 fully saturated rings. The summed E-state index contributed by atoms with van der Waals surface area (Å²) in [5.74, 6) is -0.690. The molecule has 2 aliphatic rings. The lowest BCUT2D eigenvalue weighted by Crippen LogP contribution is -3.18. The molecule has 3 atom stereocenters. The van der Waals surface area contributed by atoms with Crippen LogP contribution in [-0.4, -0.2) is 43.5 Å². The highest BCUT2D eigenvalue weighted by Gasteiger charge is 2.47. The number of quaternary nitrogens is 1. The summed E-state index contributed by atoms with van der Waals surface area (Å²) in [4.78, 5) is 39.7. The molecular formula is C19H25N2O4+. The van der Waals surface area contributed by atoms with Gasteiger partial charge in [0.1, 0.15) is 5.92 Å². The Bertz CT molecular complexity index is 671. The van der Waals surface area contributed by atoms with Gasteiger partial charge in [-0.25, -0.2) is 4.90 Å². The molecule has 1 aromatic carbocycles. The molecule has 6 nitrogen and oxygen atoms in total. The van der Waals surface area contributed by atoms with E-state index in [9.17, 15) is 14.4 Å². The summed E-state index contributed by atoms with van der Waals surface area (Å²) in [6.45, 7) is 5.50. The number of aryl methyl sites for hydroxylation is 1. The molecule has 25 heavy (non-hydrogen) atoms. The summed E-state index contributed by atoms with van der Waals surface area (Å²) in [6.07, 6.45) is 1.86. The van der Waals surface area contributed by atoms with Crippen molar-refractivity contribution in [2.75, 3.05) is 24.6 Å². The molecule has 134 valence electrons. The van der Waals surface area contributed by atoms with Crippen LogP contribution in [0.25, 0.3) is 0 Å². The zero-order valence-electron chi connectivity index (χ0n) is 14.8. The molecule has 0 bridgehead atoms. The van der Waals surface area contributed by atoms with E-state index in [0.29, 0.717) is 18.8 Å². The Morgan fingerprint density at radius 1 is 1.28 bits per heavy atom. The average molecular weight is 345 g/mol. The molecule has 1 N–H and O–H groups in total. The number of likely N-dealkylation sites (tertiary alicyclic amines) is 1. The molecule has 0 spiro atoms. The van der Waals surface area contributed by atoms with Crippen molar-refractivity contribution >= 4 is 23.5 Å². The maximum atomic E-state index is 12.9. The van der Waals surface area contributed by atoms with Crippen LogP contribution >= 0.6 is 0 Å². The van der Waals surface area contributed by atoms with Crippen LogP contribution in [0.1, 0.15) is 31.7 Å². The van der Waals surface area contributed by atoms with Crippen molar-refractivity contribution in [2.45, 2.75) is 39.2 Å². The van der Waals surface area contributed by atoms with Gasteiger partial charge in [0.25, 0.3) is 5.91 Å². The molecule has 2 heterocycles. The van der Waals surface area contributed by atoms with Crippen molar-refractivity contribution in [3.05, 3.63) is 29.8 Å². The third-order valence-corrected chi connectivity index (χ3v) is 5.11. The van der Waals surface area contributed by atoms with Crippen LogP contribution in [0.4, 0.5) is 5.69 Å². The molecule has 1 aromatic rings. The Hall–Kier alpha value is -2.21. The summed E-state index contributed by atoms with van der Waals surface area (Å²) >= 11 is 0. The fourth-order valence-corrected chi connectivity index (χ4v) is 3.79. The highest BCUT2D eigenvalue weighted by Crippen LogP contribution is 2.23. The van der Waals surface area contributed by atoms with Gasteiger partial charge in [0.15, 0.2) is 6.04 Å². The molecule has 3 rings (SSSR count). The lowest BCUT2D eigenvalue weighted by molar-refractivity contribution is -0.922. The summed E-state index contributed by atoms with van der Waals surface area (Å²) in [5.41, 5.74) is 1.71. The summed E-state index contributed by atoms with van der Waals surface area (Å²) in [7, 11) is 0. The molecule has 0 saturated carbocycles. The van der Waals surface area contributed by atoms with Crippen LogP contribution in [0.2, 0.25) is 0 Å². The monoisotopic (exact) mass is 345 g/mol. The molecule has 2 amide bonds. The largest absolute Gasteiger partial charge is 0.466 e. The van der Waals surface area contributed by atoms with Gasteiger partial charge in [0.2, 0.25) is 5.91 Å². The number of piperidine rings is 1. The van der Waals surface area contributed by atoms with E-state index in [0.717, 1.165) is 29.8 Å². The zero-order chi connectivity index (χ0) is 18.0. The van der Waals surface area contributed by atoms with Crippen molar-refractivity contribution in [3.8, 4) is 0 Å². The van der Waals surface area contributed by atoms with Crippen LogP contribution in [-0.2, 0) is 19.1 Å². The zero-order valence-corrected chi connectivity index (χ0v) is 14.8. The molecule has 0 radical (unpaired) electrons. The fourth-order valence-electron chi connectivity index (χ4n) is 3.79. The summed E-state index contributed by atoms with van der Waals surface area (Å²) < 4.78 is 5.13. The van der Waals surface area contributed by atoms with Crippen molar-refractivity contribution in [1.82, 2.24) is 0 Å². The molecule has 2 aliphatic heterocycles. The molecule has 6 heteroatoms. The Morgan fingerprint density at radius 3 is 2.68 bits per heavy atom. The predicted octanol–water partition coefficient (Wildman–Crippen LogP) is 0.485. The number of hydrogen-bond donors (Lipinski definition) is 1. The van der Waals surface area contributed by atoms with Gasteiger partial charge in [-0.1, -0.05) is 17.7 Å². The van der Waals surface area contributed by atoms with Crippen molar-refractivity contribution in [1.29, 1.82) is 0 Å². The van der Waals surface area contributed by atoms with Gasteiger partial charge in [-0.3, -0.25) is 14.4 Å². The normalized spacial score (nSPS) is 26.8. The van der Waals surface area contributed by atoms with Gasteiger partial charge in [0, 0.05) is 0 Å². The van der Waals surface area contributed by atoms with Gasteiger partial charge < -0.3 is 9.64 Å². The minimum Gasteiger partial charge on any atom is -0.466 e. The Kier molecular flexibility index (Phi) is 5.18. The van der Waals surface area contributed by atoms with E-state index in [4.69, 9.17) is 4.74 Å². The number of carbonyl (C=O) groups excluding carboxylic acids is 3. The van der Waals surface area contributed by atoms with E-state index in [1.807, 2.05) is 19.1 Å². The number of benzene rings is 1. The van der Waals surface area contributed by atoms with Crippen LogP contribution < -0.4 is 9.80 Å². The fraction of sp³-hybridized carbons (Fsp3) is 0.526. The molecule has 1 unspecified atom stereocenters. The van der Waals surface area contributed by atoms with E-state index in [1.165, 1.54) is 4.90 Å². The Labute approximate surface area is 147 Å². The van der Waals surface area contributed by atoms with E-state index in [1.54, 1.807) is 19.1 Å². The summed E-state index contributed by atoms with van der Waals surface area (Å²) in [5, 5.41) is 0. The van der Waals surface area contributed by atoms with Crippen molar-refractivity contribution in [3.63, 3.8) is 0 Å². The first-order valence-corrected chi connectivity index (χ1v) is 8.96. The lowest BCUT2D eigenvalue weighted by Gasteiger charge is -2.31. The lowest BCUT2D eigenvalue weighted by atomic mass is 9.96. The third-order valence-electron chi connectivity index (χ3n) is 5.11. The number of carbonyl (C=O) groups is 3. The quantitative estimate of drug-likeness (QED) is 0.637. The number of hydrogen-bond acceptors (Lipinski definition) is 4. The number of amides is 2. The van der Waals surface area contributed by atoms with Gasteiger partial charge in [-0.2, -0.15) is 0 Å². The first-order chi connectivity index (χ1) is 12.0. The van der Waals surface area contributed by atoms with Crippen molar-refractivity contribution in [2.24, 2.45) is 5.92 Å². The van der Waals surface area contributed by atoms with Gasteiger partial charge in [0.05, 0.1) is 31.8 Å². The standard InChI is InChI=1S/C19H24N2O4/c1-3-25-19(24)14-5-4-10-20(12-14)16-11-17(22)21(18(16)23)15-8-6-13(2)7-9-15/h6-9,14,16H,3-5,10-12H2,1-2H3/p+1/t14-,16-/m1/s1. The number of ether oxygens (including phenoxy) is 1. The third kappa shape index (κ3) is 3.58. The average Bonchev–Trinajstić information content (AvgIpc) is 2.91. The molecule has 2 saturated heterocycles. The summed E-state index contributed by atoms with van der Waals surface area (Å²) in [6, 6.07) is 7.01. The maximum Gasteiger partial charge on any atom is 0.314 e. The predicted molar refractivity (Wildman–Crippen MR) is 92.1 cm³/mol. The van der Waals surface area contributed by atoms with E-state index in [-0.39, 0.29) is 30.1 Å². The Morgan fingerprint density at radius 2 is 2.00 bits per heavy atom. The second kappa shape index (κ2) is 7.35.